The molecule has 1 aliphatic heterocycles. The Labute approximate surface area is 145 Å². The first-order valence-electron chi connectivity index (χ1n) is 9.62. The lowest BCUT2D eigenvalue weighted by atomic mass is 9.77. The number of carbonyl (C=O) groups excluding carboxylic acids is 1. The number of amides is 1. The van der Waals surface area contributed by atoms with Crippen molar-refractivity contribution in [3.63, 3.8) is 0 Å². The summed E-state index contributed by atoms with van der Waals surface area (Å²) in [4.78, 5) is 15.5. The molecule has 2 saturated carbocycles. The second-order valence-electron chi connectivity index (χ2n) is 7.85. The van der Waals surface area contributed by atoms with E-state index in [1.165, 1.54) is 37.7 Å². The number of carbonyl (C=O) groups is 1. The Morgan fingerprint density at radius 3 is 2.62 bits per heavy atom. The molecule has 1 aromatic rings. The molecule has 1 aromatic carbocycles. The lowest BCUT2D eigenvalue weighted by Gasteiger charge is -2.38. The smallest absolute Gasteiger partial charge is 0.227 e. The molecular weight excluding hydrogens is 298 g/mol. The zero-order chi connectivity index (χ0) is 16.4. The summed E-state index contributed by atoms with van der Waals surface area (Å²) in [7, 11) is 0. The zero-order valence-electron chi connectivity index (χ0n) is 14.4. The molecule has 0 spiro atoms. The zero-order valence-corrected chi connectivity index (χ0v) is 14.4. The summed E-state index contributed by atoms with van der Waals surface area (Å²) in [5.74, 6) is 1.85. The van der Waals surface area contributed by atoms with Gasteiger partial charge in [0.15, 0.2) is 0 Å². The summed E-state index contributed by atoms with van der Waals surface area (Å²) in [5, 5.41) is 0. The molecule has 3 fully saturated rings. The van der Waals surface area contributed by atoms with E-state index in [0.717, 1.165) is 26.1 Å². The van der Waals surface area contributed by atoms with Crippen molar-refractivity contribution in [2.75, 3.05) is 13.1 Å². The minimum absolute atomic E-state index is 0.141. The van der Waals surface area contributed by atoms with Crippen molar-refractivity contribution in [3.8, 4) is 0 Å². The molecule has 3 unspecified atom stereocenters. The van der Waals surface area contributed by atoms with Crippen molar-refractivity contribution >= 4 is 5.91 Å². The highest BCUT2D eigenvalue weighted by atomic mass is 16.2. The van der Waals surface area contributed by atoms with Gasteiger partial charge in [-0.1, -0.05) is 43.2 Å². The topological polar surface area (TPSA) is 44.4 Å². The van der Waals surface area contributed by atoms with Crippen LogP contribution in [0.15, 0.2) is 30.3 Å². The minimum atomic E-state index is 0.141. The monoisotopic (exact) mass is 327 g/mol. The molecule has 4 rings (SSSR count). The summed E-state index contributed by atoms with van der Waals surface area (Å²) in [6.07, 6.45) is 7.37. The van der Waals surface area contributed by atoms with Crippen LogP contribution in [0, 0.1) is 17.8 Å². The standard InChI is InChI=1S/C20H29N3O/c24-20(18-11-5-10-17-12-21-22-19(17)18)23(14-16-8-4-9-16)13-15-6-2-1-3-7-15/h1-3,6-7,16-19,21-22H,4-5,8-14H2. The van der Waals surface area contributed by atoms with E-state index in [1.54, 1.807) is 0 Å². The van der Waals surface area contributed by atoms with Crippen LogP contribution in [-0.4, -0.2) is 29.9 Å². The van der Waals surface area contributed by atoms with Gasteiger partial charge < -0.3 is 4.90 Å². The second-order valence-corrected chi connectivity index (χ2v) is 7.85. The summed E-state index contributed by atoms with van der Waals surface area (Å²) in [6.45, 7) is 2.71. The second kappa shape index (κ2) is 7.24. The Hall–Kier alpha value is -1.39. The third-order valence-corrected chi connectivity index (χ3v) is 6.21. The van der Waals surface area contributed by atoms with Crippen molar-refractivity contribution in [1.82, 2.24) is 15.8 Å². The highest BCUT2D eigenvalue weighted by Gasteiger charge is 2.42. The van der Waals surface area contributed by atoms with Gasteiger partial charge in [0.05, 0.1) is 5.92 Å². The lowest BCUT2D eigenvalue weighted by Crippen LogP contribution is -2.50. The SMILES string of the molecule is O=C(C1CCCC2CNNC21)N(Cc1ccccc1)CC1CCC1. The molecule has 2 N–H and O–H groups in total. The normalized spacial score (nSPS) is 29.8. The van der Waals surface area contributed by atoms with Gasteiger partial charge in [0.1, 0.15) is 0 Å². The van der Waals surface area contributed by atoms with Gasteiger partial charge >= 0.3 is 0 Å². The fourth-order valence-corrected chi connectivity index (χ4v) is 4.58. The summed E-state index contributed by atoms with van der Waals surface area (Å²) in [6, 6.07) is 10.8. The van der Waals surface area contributed by atoms with Gasteiger partial charge in [-0.15, -0.1) is 0 Å². The van der Waals surface area contributed by atoms with E-state index >= 15 is 0 Å². The van der Waals surface area contributed by atoms with E-state index in [9.17, 15) is 4.79 Å². The molecule has 1 amide bonds. The maximum absolute atomic E-state index is 13.4. The quantitative estimate of drug-likeness (QED) is 0.874. The first-order chi connectivity index (χ1) is 11.8. The number of rotatable bonds is 5. The van der Waals surface area contributed by atoms with E-state index in [0.29, 0.717) is 23.8 Å². The van der Waals surface area contributed by atoms with Crippen LogP contribution in [0.2, 0.25) is 0 Å². The molecule has 4 heteroatoms. The summed E-state index contributed by atoms with van der Waals surface area (Å²) < 4.78 is 0. The van der Waals surface area contributed by atoms with E-state index in [1.807, 2.05) is 6.07 Å². The highest BCUT2D eigenvalue weighted by molar-refractivity contribution is 5.80. The van der Waals surface area contributed by atoms with Crippen LogP contribution in [0.3, 0.4) is 0 Å². The Morgan fingerprint density at radius 1 is 1.08 bits per heavy atom. The van der Waals surface area contributed by atoms with Gasteiger partial charge in [0.25, 0.3) is 0 Å². The van der Waals surface area contributed by atoms with E-state index in [4.69, 9.17) is 0 Å². The van der Waals surface area contributed by atoms with Crippen molar-refractivity contribution in [3.05, 3.63) is 35.9 Å². The molecule has 0 bridgehead atoms. The number of nitrogens with zero attached hydrogens (tertiary/aromatic N) is 1. The van der Waals surface area contributed by atoms with Crippen LogP contribution in [0.4, 0.5) is 0 Å². The van der Waals surface area contributed by atoms with Crippen LogP contribution in [0.1, 0.15) is 44.1 Å². The molecule has 0 aromatic heterocycles. The largest absolute Gasteiger partial charge is 0.338 e. The fourth-order valence-electron chi connectivity index (χ4n) is 4.58. The van der Waals surface area contributed by atoms with Gasteiger partial charge in [0, 0.05) is 25.7 Å². The Morgan fingerprint density at radius 2 is 1.88 bits per heavy atom. The number of nitrogens with one attached hydrogen (secondary N) is 2. The van der Waals surface area contributed by atoms with E-state index < -0.39 is 0 Å². The maximum atomic E-state index is 13.4. The molecule has 4 nitrogen and oxygen atoms in total. The van der Waals surface area contributed by atoms with Crippen LogP contribution in [0.25, 0.3) is 0 Å². The highest BCUT2D eigenvalue weighted by Crippen LogP contribution is 2.34. The molecule has 3 atom stereocenters. The lowest BCUT2D eigenvalue weighted by molar-refractivity contribution is -0.139. The van der Waals surface area contributed by atoms with E-state index in [-0.39, 0.29) is 5.92 Å². The molecule has 130 valence electrons. The summed E-state index contributed by atoms with van der Waals surface area (Å²) in [5.41, 5.74) is 7.92. The van der Waals surface area contributed by atoms with Crippen LogP contribution < -0.4 is 10.9 Å². The fraction of sp³-hybridized carbons (Fsp3) is 0.650. The van der Waals surface area contributed by atoms with Gasteiger partial charge in [-0.05, 0) is 43.1 Å². The maximum Gasteiger partial charge on any atom is 0.227 e. The Kier molecular flexibility index (Phi) is 4.86. The number of hydrogen-bond acceptors (Lipinski definition) is 3. The average molecular weight is 327 g/mol. The van der Waals surface area contributed by atoms with Crippen molar-refractivity contribution in [2.24, 2.45) is 17.8 Å². The molecule has 2 aliphatic carbocycles. The van der Waals surface area contributed by atoms with Crippen molar-refractivity contribution in [1.29, 1.82) is 0 Å². The molecular formula is C20H29N3O. The van der Waals surface area contributed by atoms with Gasteiger partial charge in [-0.2, -0.15) is 0 Å². The minimum Gasteiger partial charge on any atom is -0.338 e. The van der Waals surface area contributed by atoms with Gasteiger partial charge in [-0.25, -0.2) is 0 Å². The molecule has 1 saturated heterocycles. The third-order valence-electron chi connectivity index (χ3n) is 6.21. The predicted molar refractivity (Wildman–Crippen MR) is 95.0 cm³/mol. The van der Waals surface area contributed by atoms with E-state index in [2.05, 4.69) is 40.0 Å². The molecule has 0 radical (unpaired) electrons. The molecule has 3 aliphatic rings. The molecule has 1 heterocycles. The first kappa shape index (κ1) is 16.1. The summed E-state index contributed by atoms with van der Waals surface area (Å²) >= 11 is 0. The van der Waals surface area contributed by atoms with Crippen LogP contribution in [-0.2, 0) is 11.3 Å². The van der Waals surface area contributed by atoms with Crippen molar-refractivity contribution in [2.45, 2.75) is 51.1 Å². The average Bonchev–Trinajstić information content (AvgIpc) is 3.06. The number of hydrazine groups is 1. The number of fused-ring (bicyclic) bond motifs is 1. The van der Waals surface area contributed by atoms with Crippen molar-refractivity contribution < 1.29 is 4.79 Å². The van der Waals surface area contributed by atoms with Crippen LogP contribution >= 0.6 is 0 Å². The number of benzene rings is 1. The number of hydrogen-bond donors (Lipinski definition) is 2. The van der Waals surface area contributed by atoms with Crippen LogP contribution in [0.5, 0.6) is 0 Å². The first-order valence-corrected chi connectivity index (χ1v) is 9.62. The predicted octanol–water partition coefficient (Wildman–Crippen LogP) is 2.71. The third kappa shape index (κ3) is 3.35. The van der Waals surface area contributed by atoms with Gasteiger partial charge in [0.2, 0.25) is 5.91 Å². The Bertz CT molecular complexity index is 557. The van der Waals surface area contributed by atoms with Gasteiger partial charge in [-0.3, -0.25) is 15.6 Å². The Balaban J connectivity index is 1.49. The molecule has 24 heavy (non-hydrogen) atoms.